The molecule has 2 aromatic carbocycles. The summed E-state index contributed by atoms with van der Waals surface area (Å²) in [4.78, 5) is 0. The van der Waals surface area contributed by atoms with Crippen molar-refractivity contribution < 1.29 is 4.74 Å². The predicted molar refractivity (Wildman–Crippen MR) is 84.2 cm³/mol. The van der Waals surface area contributed by atoms with Crippen LogP contribution in [0.15, 0.2) is 54.6 Å². The van der Waals surface area contributed by atoms with Gasteiger partial charge in [0, 0.05) is 24.9 Å². The maximum atomic E-state index is 5.76. The molecule has 0 radical (unpaired) electrons. The summed E-state index contributed by atoms with van der Waals surface area (Å²) in [6.45, 7) is 1.97. The Morgan fingerprint density at radius 1 is 1.00 bits per heavy atom. The van der Waals surface area contributed by atoms with Gasteiger partial charge in [-0.2, -0.15) is 5.10 Å². The molecule has 0 bridgehead atoms. The summed E-state index contributed by atoms with van der Waals surface area (Å²) in [6.07, 6.45) is 0.907. The van der Waals surface area contributed by atoms with Gasteiger partial charge in [0.1, 0.15) is 5.75 Å². The van der Waals surface area contributed by atoms with E-state index in [2.05, 4.69) is 17.2 Å². The Hall–Kier alpha value is -2.33. The third kappa shape index (κ3) is 3.06. The molecule has 3 aromatic rings. The number of benzene rings is 2. The Morgan fingerprint density at radius 3 is 2.57 bits per heavy atom. The van der Waals surface area contributed by atoms with Crippen LogP contribution in [0.5, 0.6) is 5.75 Å². The van der Waals surface area contributed by atoms with Gasteiger partial charge < -0.3 is 10.5 Å². The zero-order valence-electron chi connectivity index (χ0n) is 11.9. The van der Waals surface area contributed by atoms with Crippen LogP contribution in [0.1, 0.15) is 12.1 Å². The molecule has 108 valence electrons. The van der Waals surface area contributed by atoms with Gasteiger partial charge in [-0.3, -0.25) is 4.68 Å². The van der Waals surface area contributed by atoms with Crippen molar-refractivity contribution in [2.45, 2.75) is 19.5 Å². The molecule has 1 aromatic heterocycles. The van der Waals surface area contributed by atoms with Crippen molar-refractivity contribution in [1.82, 2.24) is 9.78 Å². The first kappa shape index (κ1) is 13.6. The molecule has 0 aliphatic carbocycles. The van der Waals surface area contributed by atoms with Crippen LogP contribution >= 0.6 is 0 Å². The molecular weight excluding hydrogens is 262 g/mol. The molecular formula is C17H19N3O. The fourth-order valence-corrected chi connectivity index (χ4v) is 2.44. The minimum absolute atomic E-state index is 0.466. The number of ether oxygens (including phenoxy) is 1. The highest BCUT2D eigenvalue weighted by Gasteiger charge is 2.08. The maximum absolute atomic E-state index is 5.76. The molecule has 0 saturated heterocycles. The van der Waals surface area contributed by atoms with E-state index in [1.807, 2.05) is 47.1 Å². The van der Waals surface area contributed by atoms with Crippen molar-refractivity contribution in [2.75, 3.05) is 6.61 Å². The summed E-state index contributed by atoms with van der Waals surface area (Å²) in [5.74, 6) is 0.908. The fraction of sp³-hybridized carbons (Fsp3) is 0.235. The van der Waals surface area contributed by atoms with Crippen LogP contribution in [0.2, 0.25) is 0 Å². The third-order valence-electron chi connectivity index (χ3n) is 3.45. The largest absolute Gasteiger partial charge is 0.494 e. The van der Waals surface area contributed by atoms with Gasteiger partial charge in [-0.15, -0.1) is 0 Å². The van der Waals surface area contributed by atoms with E-state index < -0.39 is 0 Å². The lowest BCUT2D eigenvalue weighted by atomic mass is 10.2. The summed E-state index contributed by atoms with van der Waals surface area (Å²) in [6, 6.07) is 18.1. The zero-order valence-corrected chi connectivity index (χ0v) is 11.9. The monoisotopic (exact) mass is 281 g/mol. The molecule has 4 heteroatoms. The smallest absolute Gasteiger partial charge is 0.119 e. The standard InChI is InChI=1S/C17H19N3O/c18-13-16-15-9-4-5-10-17(15)20(19-16)11-6-12-21-14-7-2-1-3-8-14/h1-5,7-10H,6,11-13,18H2. The molecule has 0 aliphatic rings. The highest BCUT2D eigenvalue weighted by atomic mass is 16.5. The van der Waals surface area contributed by atoms with Crippen LogP contribution in [0.25, 0.3) is 10.9 Å². The molecule has 0 amide bonds. The molecule has 21 heavy (non-hydrogen) atoms. The van der Waals surface area contributed by atoms with E-state index in [4.69, 9.17) is 10.5 Å². The number of rotatable bonds is 6. The van der Waals surface area contributed by atoms with Gasteiger partial charge in [0.15, 0.2) is 0 Å². The first-order chi connectivity index (χ1) is 10.4. The van der Waals surface area contributed by atoms with Crippen LogP contribution in [-0.2, 0) is 13.1 Å². The number of nitrogens with zero attached hydrogens (tertiary/aromatic N) is 2. The Bertz CT molecular complexity index is 706. The Kier molecular flexibility index (Phi) is 4.17. The minimum Gasteiger partial charge on any atom is -0.494 e. The molecule has 1 heterocycles. The van der Waals surface area contributed by atoms with Crippen LogP contribution in [0.4, 0.5) is 0 Å². The van der Waals surface area contributed by atoms with Gasteiger partial charge >= 0.3 is 0 Å². The topological polar surface area (TPSA) is 53.1 Å². The Labute approximate surface area is 124 Å². The minimum atomic E-state index is 0.466. The van der Waals surface area contributed by atoms with Crippen molar-refractivity contribution >= 4 is 10.9 Å². The highest BCUT2D eigenvalue weighted by Crippen LogP contribution is 2.18. The molecule has 0 unspecified atom stereocenters. The number of hydrogen-bond acceptors (Lipinski definition) is 3. The third-order valence-corrected chi connectivity index (χ3v) is 3.45. The zero-order chi connectivity index (χ0) is 14.5. The molecule has 2 N–H and O–H groups in total. The lowest BCUT2D eigenvalue weighted by molar-refractivity contribution is 0.299. The fourth-order valence-electron chi connectivity index (χ4n) is 2.44. The van der Waals surface area contributed by atoms with Gasteiger partial charge in [0.25, 0.3) is 0 Å². The predicted octanol–water partition coefficient (Wildman–Crippen LogP) is 2.96. The van der Waals surface area contributed by atoms with E-state index in [1.165, 1.54) is 0 Å². The van der Waals surface area contributed by atoms with Crippen molar-refractivity contribution in [3.8, 4) is 5.75 Å². The Balaban J connectivity index is 1.63. The molecule has 3 rings (SSSR count). The van der Waals surface area contributed by atoms with Gasteiger partial charge in [-0.05, 0) is 18.2 Å². The number of hydrogen-bond donors (Lipinski definition) is 1. The van der Waals surface area contributed by atoms with E-state index >= 15 is 0 Å². The molecule has 0 spiro atoms. The lowest BCUT2D eigenvalue weighted by Gasteiger charge is -2.06. The summed E-state index contributed by atoms with van der Waals surface area (Å²) in [5.41, 5.74) is 7.85. The van der Waals surface area contributed by atoms with E-state index in [1.54, 1.807) is 0 Å². The van der Waals surface area contributed by atoms with Gasteiger partial charge in [0.2, 0.25) is 0 Å². The van der Waals surface area contributed by atoms with E-state index in [-0.39, 0.29) is 0 Å². The molecule has 0 fully saturated rings. The first-order valence-electron chi connectivity index (χ1n) is 7.21. The average Bonchev–Trinajstić information content (AvgIpc) is 2.91. The van der Waals surface area contributed by atoms with Gasteiger partial charge in [0.05, 0.1) is 17.8 Å². The van der Waals surface area contributed by atoms with Crippen LogP contribution in [0, 0.1) is 0 Å². The number of nitrogens with two attached hydrogens (primary N) is 1. The van der Waals surface area contributed by atoms with Crippen molar-refractivity contribution in [1.29, 1.82) is 0 Å². The summed E-state index contributed by atoms with van der Waals surface area (Å²) < 4.78 is 7.73. The second-order valence-corrected chi connectivity index (χ2v) is 4.91. The number of para-hydroxylation sites is 2. The molecule has 0 atom stereocenters. The van der Waals surface area contributed by atoms with Gasteiger partial charge in [-0.1, -0.05) is 36.4 Å². The molecule has 4 nitrogen and oxygen atoms in total. The Morgan fingerprint density at radius 2 is 1.76 bits per heavy atom. The maximum Gasteiger partial charge on any atom is 0.119 e. The second kappa shape index (κ2) is 6.41. The van der Waals surface area contributed by atoms with E-state index in [0.717, 1.165) is 35.3 Å². The summed E-state index contributed by atoms with van der Waals surface area (Å²) >= 11 is 0. The van der Waals surface area contributed by atoms with Crippen molar-refractivity contribution in [2.24, 2.45) is 5.73 Å². The van der Waals surface area contributed by atoms with E-state index in [9.17, 15) is 0 Å². The number of aromatic nitrogens is 2. The molecule has 0 aliphatic heterocycles. The van der Waals surface area contributed by atoms with Crippen molar-refractivity contribution in [3.63, 3.8) is 0 Å². The van der Waals surface area contributed by atoms with E-state index in [0.29, 0.717) is 13.2 Å². The second-order valence-electron chi connectivity index (χ2n) is 4.91. The average molecular weight is 281 g/mol. The summed E-state index contributed by atoms with van der Waals surface area (Å²) in [5, 5.41) is 5.73. The van der Waals surface area contributed by atoms with Crippen molar-refractivity contribution in [3.05, 3.63) is 60.3 Å². The number of fused-ring (bicyclic) bond motifs is 1. The number of aryl methyl sites for hydroxylation is 1. The van der Waals surface area contributed by atoms with Crippen LogP contribution in [-0.4, -0.2) is 16.4 Å². The highest BCUT2D eigenvalue weighted by molar-refractivity contribution is 5.81. The lowest BCUT2D eigenvalue weighted by Crippen LogP contribution is -2.07. The quantitative estimate of drug-likeness (QED) is 0.707. The van der Waals surface area contributed by atoms with Crippen LogP contribution < -0.4 is 10.5 Å². The molecule has 0 saturated carbocycles. The normalized spacial score (nSPS) is 10.9. The SMILES string of the molecule is NCc1nn(CCCOc2ccccc2)c2ccccc12. The van der Waals surface area contributed by atoms with Gasteiger partial charge in [-0.25, -0.2) is 0 Å². The van der Waals surface area contributed by atoms with Crippen LogP contribution in [0.3, 0.4) is 0 Å². The first-order valence-corrected chi connectivity index (χ1v) is 7.21. The summed E-state index contributed by atoms with van der Waals surface area (Å²) in [7, 11) is 0.